The molecule has 0 saturated carbocycles. The topological polar surface area (TPSA) is 230 Å². The van der Waals surface area contributed by atoms with Gasteiger partial charge in [-0.1, -0.05) is 44.2 Å². The molecule has 0 aliphatic rings. The maximum atomic E-state index is 13.3. The van der Waals surface area contributed by atoms with E-state index in [-0.39, 0.29) is 30.9 Å². The van der Waals surface area contributed by atoms with Crippen LogP contribution in [0.3, 0.4) is 0 Å². The van der Waals surface area contributed by atoms with E-state index < -0.39 is 60.2 Å². The number of carboxylic acids is 1. The van der Waals surface area contributed by atoms with E-state index in [0.29, 0.717) is 5.56 Å². The monoisotopic (exact) mass is 594 g/mol. The molecule has 0 saturated heterocycles. The van der Waals surface area contributed by atoms with Gasteiger partial charge in [-0.2, -0.15) is 0 Å². The number of carboxylic acid groups (broad SMARTS) is 1. The molecule has 0 aliphatic heterocycles. The van der Waals surface area contributed by atoms with Gasteiger partial charge in [-0.3, -0.25) is 19.2 Å². The third-order valence-corrected chi connectivity index (χ3v) is 6.82. The van der Waals surface area contributed by atoms with Gasteiger partial charge < -0.3 is 42.6 Å². The number of aromatic hydroxyl groups is 1. The van der Waals surface area contributed by atoms with Crippen molar-refractivity contribution in [2.75, 3.05) is 0 Å². The number of phenolic OH excluding ortho intramolecular Hbond substituents is 1. The number of hydrogen-bond donors (Lipinski definition) is 8. The van der Waals surface area contributed by atoms with Crippen LogP contribution in [0.4, 0.5) is 0 Å². The minimum Gasteiger partial charge on any atom is -0.508 e. The second kappa shape index (κ2) is 14.8. The number of aromatic nitrogens is 1. The molecule has 230 valence electrons. The first-order valence-corrected chi connectivity index (χ1v) is 13.8. The van der Waals surface area contributed by atoms with Gasteiger partial charge in [0.25, 0.3) is 0 Å². The fraction of sp³-hybridized carbons (Fsp3) is 0.367. The Morgan fingerprint density at radius 1 is 0.837 bits per heavy atom. The second-order valence-corrected chi connectivity index (χ2v) is 10.9. The minimum atomic E-state index is -1.50. The minimum absolute atomic E-state index is 0.00846. The number of phenols is 1. The van der Waals surface area contributed by atoms with E-state index in [1.807, 2.05) is 38.1 Å². The Bertz CT molecular complexity index is 1450. The molecule has 0 bridgehead atoms. The van der Waals surface area contributed by atoms with Crippen molar-refractivity contribution in [2.45, 2.75) is 63.7 Å². The van der Waals surface area contributed by atoms with Gasteiger partial charge in [0.1, 0.15) is 23.9 Å². The quantitative estimate of drug-likeness (QED) is 0.123. The van der Waals surface area contributed by atoms with Gasteiger partial charge in [0.2, 0.25) is 23.6 Å². The zero-order valence-corrected chi connectivity index (χ0v) is 24.0. The van der Waals surface area contributed by atoms with Crippen LogP contribution in [-0.2, 0) is 36.8 Å². The average Bonchev–Trinajstić information content (AvgIpc) is 3.35. The van der Waals surface area contributed by atoms with Crippen LogP contribution in [0, 0.1) is 5.92 Å². The van der Waals surface area contributed by atoms with E-state index in [4.69, 9.17) is 11.5 Å². The van der Waals surface area contributed by atoms with E-state index >= 15 is 0 Å². The van der Waals surface area contributed by atoms with Crippen LogP contribution >= 0.6 is 0 Å². The normalized spacial score (nSPS) is 14.0. The largest absolute Gasteiger partial charge is 0.508 e. The van der Waals surface area contributed by atoms with Crippen molar-refractivity contribution in [3.8, 4) is 5.75 Å². The maximum Gasteiger partial charge on any atom is 0.326 e. The molecule has 0 fully saturated rings. The molecule has 4 amide bonds. The molecular weight excluding hydrogens is 556 g/mol. The lowest BCUT2D eigenvalue weighted by molar-refractivity contribution is -0.142. The molecular formula is C30H38N6O7. The molecule has 4 atom stereocenters. The number of H-pyrrole nitrogens is 1. The zero-order chi connectivity index (χ0) is 31.7. The Kier molecular flexibility index (Phi) is 11.2. The van der Waals surface area contributed by atoms with Crippen LogP contribution in [0.25, 0.3) is 10.9 Å². The van der Waals surface area contributed by atoms with Crippen molar-refractivity contribution in [2.24, 2.45) is 17.4 Å². The summed E-state index contributed by atoms with van der Waals surface area (Å²) < 4.78 is 0. The summed E-state index contributed by atoms with van der Waals surface area (Å²) in [6, 6.07) is 8.33. The summed E-state index contributed by atoms with van der Waals surface area (Å²) in [7, 11) is 0. The lowest BCUT2D eigenvalue weighted by atomic mass is 10.0. The summed E-state index contributed by atoms with van der Waals surface area (Å²) in [6.07, 6.45) is 1.44. The number of para-hydroxylation sites is 1. The summed E-state index contributed by atoms with van der Waals surface area (Å²) in [5, 5.41) is 27.5. The van der Waals surface area contributed by atoms with Crippen molar-refractivity contribution in [1.82, 2.24) is 20.9 Å². The van der Waals surface area contributed by atoms with Gasteiger partial charge in [0.15, 0.2) is 0 Å². The summed E-state index contributed by atoms with van der Waals surface area (Å²) in [5.74, 6) is -4.59. The molecule has 1 heterocycles. The number of primary amides is 1. The molecule has 4 unspecified atom stereocenters. The number of amides is 4. The fourth-order valence-corrected chi connectivity index (χ4v) is 4.63. The number of nitrogens with two attached hydrogens (primary N) is 2. The number of rotatable bonds is 15. The molecule has 43 heavy (non-hydrogen) atoms. The predicted molar refractivity (Wildman–Crippen MR) is 158 cm³/mol. The highest BCUT2D eigenvalue weighted by Gasteiger charge is 2.32. The molecule has 10 N–H and O–H groups in total. The van der Waals surface area contributed by atoms with Crippen LogP contribution < -0.4 is 27.4 Å². The average molecular weight is 595 g/mol. The highest BCUT2D eigenvalue weighted by molar-refractivity contribution is 5.96. The molecule has 3 aromatic rings. The van der Waals surface area contributed by atoms with Crippen molar-refractivity contribution >= 4 is 40.5 Å². The van der Waals surface area contributed by atoms with E-state index in [1.54, 1.807) is 6.20 Å². The first-order valence-electron chi connectivity index (χ1n) is 13.8. The summed E-state index contributed by atoms with van der Waals surface area (Å²) in [6.45, 7) is 3.68. The van der Waals surface area contributed by atoms with Crippen LogP contribution in [0.15, 0.2) is 54.7 Å². The van der Waals surface area contributed by atoms with Gasteiger partial charge >= 0.3 is 5.97 Å². The molecule has 0 aliphatic carbocycles. The van der Waals surface area contributed by atoms with Gasteiger partial charge in [0.05, 0.1) is 12.5 Å². The van der Waals surface area contributed by atoms with Crippen molar-refractivity contribution in [3.05, 3.63) is 65.9 Å². The number of benzene rings is 2. The van der Waals surface area contributed by atoms with Crippen LogP contribution in [0.1, 0.15) is 37.8 Å². The van der Waals surface area contributed by atoms with E-state index in [0.717, 1.165) is 16.5 Å². The Labute approximate surface area is 248 Å². The van der Waals surface area contributed by atoms with Gasteiger partial charge in [-0.15, -0.1) is 0 Å². The number of aromatic amines is 1. The summed E-state index contributed by atoms with van der Waals surface area (Å²) in [4.78, 5) is 66.2. The third kappa shape index (κ3) is 9.57. The van der Waals surface area contributed by atoms with E-state index in [2.05, 4.69) is 20.9 Å². The highest BCUT2D eigenvalue weighted by Crippen LogP contribution is 2.19. The summed E-state index contributed by atoms with van der Waals surface area (Å²) >= 11 is 0. The third-order valence-electron chi connectivity index (χ3n) is 6.82. The smallest absolute Gasteiger partial charge is 0.326 e. The second-order valence-electron chi connectivity index (χ2n) is 10.9. The maximum absolute atomic E-state index is 13.3. The molecule has 0 spiro atoms. The number of fused-ring (bicyclic) bond motifs is 1. The Morgan fingerprint density at radius 3 is 2.07 bits per heavy atom. The highest BCUT2D eigenvalue weighted by atomic mass is 16.4. The lowest BCUT2D eigenvalue weighted by Gasteiger charge is -2.25. The van der Waals surface area contributed by atoms with Crippen molar-refractivity contribution < 1.29 is 34.2 Å². The molecule has 13 heteroatoms. The first-order chi connectivity index (χ1) is 20.3. The zero-order valence-electron chi connectivity index (χ0n) is 24.0. The number of carbonyl (C=O) groups is 5. The Hall–Kier alpha value is -4.91. The SMILES string of the molecule is CC(C)CC(NC(=O)C(N)Cc1c[nH]c2ccccc12)C(=O)NC(CC(N)=O)C(=O)NC(Cc1ccc(O)cc1)C(=O)O. The van der Waals surface area contributed by atoms with Crippen molar-refractivity contribution in [1.29, 1.82) is 0 Å². The lowest BCUT2D eigenvalue weighted by Crippen LogP contribution is -2.58. The molecule has 3 rings (SSSR count). The van der Waals surface area contributed by atoms with E-state index in [9.17, 15) is 34.2 Å². The Morgan fingerprint density at radius 2 is 1.44 bits per heavy atom. The van der Waals surface area contributed by atoms with Gasteiger partial charge in [0, 0.05) is 23.5 Å². The molecule has 2 aromatic carbocycles. The summed E-state index contributed by atoms with van der Waals surface area (Å²) in [5.41, 5.74) is 13.8. The number of carbonyl (C=O) groups excluding carboxylic acids is 4. The van der Waals surface area contributed by atoms with Gasteiger partial charge in [-0.05, 0) is 48.1 Å². The number of nitrogens with one attached hydrogen (secondary N) is 4. The van der Waals surface area contributed by atoms with Crippen LogP contribution in [-0.4, -0.2) is 69.0 Å². The first kappa shape index (κ1) is 32.6. The van der Waals surface area contributed by atoms with Crippen LogP contribution in [0.2, 0.25) is 0 Å². The number of hydrogen-bond acceptors (Lipinski definition) is 7. The number of aliphatic carboxylic acids is 1. The van der Waals surface area contributed by atoms with Crippen molar-refractivity contribution in [3.63, 3.8) is 0 Å². The van der Waals surface area contributed by atoms with Gasteiger partial charge in [-0.25, -0.2) is 4.79 Å². The van der Waals surface area contributed by atoms with E-state index in [1.165, 1.54) is 24.3 Å². The molecule has 0 radical (unpaired) electrons. The molecule has 13 nitrogen and oxygen atoms in total. The van der Waals surface area contributed by atoms with Crippen LogP contribution in [0.5, 0.6) is 5.75 Å². The predicted octanol–water partition coefficient (Wildman–Crippen LogP) is 0.447. The Balaban J connectivity index is 1.70. The fourth-order valence-electron chi connectivity index (χ4n) is 4.63. The standard InChI is InChI=1S/C30H38N6O7/c1-16(2)11-23(34-27(39)21(31)13-18-15-33-22-6-4-3-5-20(18)22)28(40)35-24(14-26(32)38)29(41)36-25(30(42)43)12-17-7-9-19(37)10-8-17/h3-10,15-16,21,23-25,33,37H,11-14,31H2,1-2H3,(H2,32,38)(H,34,39)(H,35,40)(H,36,41)(H,42,43). The molecule has 1 aromatic heterocycles.